The number of nitrogens with one attached hydrogen (secondary N) is 1. The SMILES string of the molecule is CC1CC(C)C(C(=O)Nc2cc(C(=O)O)ccc2F)O1. The number of carbonyl (C=O) groups excluding carboxylic acids is 1. The molecule has 0 spiro atoms. The van der Waals surface area contributed by atoms with Crippen LogP contribution in [0.4, 0.5) is 10.1 Å². The maximum absolute atomic E-state index is 13.6. The first-order valence-corrected chi connectivity index (χ1v) is 6.37. The number of halogens is 1. The normalized spacial score (nSPS) is 25.4. The van der Waals surface area contributed by atoms with E-state index < -0.39 is 23.8 Å². The molecule has 1 aromatic carbocycles. The quantitative estimate of drug-likeness (QED) is 0.891. The van der Waals surface area contributed by atoms with Crippen molar-refractivity contribution in [3.05, 3.63) is 29.6 Å². The van der Waals surface area contributed by atoms with Crippen LogP contribution >= 0.6 is 0 Å². The van der Waals surface area contributed by atoms with Crippen LogP contribution in [0.25, 0.3) is 0 Å². The second-order valence-electron chi connectivity index (χ2n) is 5.07. The fourth-order valence-electron chi connectivity index (χ4n) is 2.37. The Kier molecular flexibility index (Phi) is 4.04. The van der Waals surface area contributed by atoms with Crippen molar-refractivity contribution in [2.75, 3.05) is 5.32 Å². The highest BCUT2D eigenvalue weighted by Gasteiger charge is 2.35. The summed E-state index contributed by atoms with van der Waals surface area (Å²) in [7, 11) is 0. The summed E-state index contributed by atoms with van der Waals surface area (Å²) in [5.41, 5.74) is -0.235. The van der Waals surface area contributed by atoms with Crippen LogP contribution in [0, 0.1) is 11.7 Å². The van der Waals surface area contributed by atoms with Gasteiger partial charge in [-0.1, -0.05) is 6.92 Å². The van der Waals surface area contributed by atoms with Gasteiger partial charge in [-0.25, -0.2) is 9.18 Å². The average molecular weight is 281 g/mol. The zero-order valence-corrected chi connectivity index (χ0v) is 11.2. The van der Waals surface area contributed by atoms with Crippen molar-refractivity contribution in [3.8, 4) is 0 Å². The highest BCUT2D eigenvalue weighted by atomic mass is 19.1. The van der Waals surface area contributed by atoms with Gasteiger partial charge in [-0.2, -0.15) is 0 Å². The van der Waals surface area contributed by atoms with Crippen LogP contribution in [0.3, 0.4) is 0 Å². The molecule has 1 aliphatic rings. The number of hydrogen-bond acceptors (Lipinski definition) is 3. The summed E-state index contributed by atoms with van der Waals surface area (Å²) in [5, 5.41) is 11.3. The maximum Gasteiger partial charge on any atom is 0.335 e. The Morgan fingerprint density at radius 1 is 1.40 bits per heavy atom. The number of ether oxygens (including phenoxy) is 1. The molecule has 2 N–H and O–H groups in total. The fraction of sp³-hybridized carbons (Fsp3) is 0.429. The lowest BCUT2D eigenvalue weighted by atomic mass is 10.0. The second-order valence-corrected chi connectivity index (χ2v) is 5.07. The molecule has 1 aliphatic heterocycles. The molecule has 1 saturated heterocycles. The van der Waals surface area contributed by atoms with Crippen LogP contribution in [0.1, 0.15) is 30.6 Å². The lowest BCUT2D eigenvalue weighted by Gasteiger charge is -2.15. The van der Waals surface area contributed by atoms with Crippen molar-refractivity contribution in [1.82, 2.24) is 0 Å². The lowest BCUT2D eigenvalue weighted by molar-refractivity contribution is -0.127. The Morgan fingerprint density at radius 2 is 2.10 bits per heavy atom. The van der Waals surface area contributed by atoms with E-state index in [0.29, 0.717) is 0 Å². The van der Waals surface area contributed by atoms with Gasteiger partial charge in [0, 0.05) is 0 Å². The highest BCUT2D eigenvalue weighted by Crippen LogP contribution is 2.27. The number of aromatic carboxylic acids is 1. The molecule has 20 heavy (non-hydrogen) atoms. The van der Waals surface area contributed by atoms with E-state index in [1.165, 1.54) is 0 Å². The fourth-order valence-corrected chi connectivity index (χ4v) is 2.37. The summed E-state index contributed by atoms with van der Waals surface area (Å²) in [5.74, 6) is -2.28. The molecule has 5 nitrogen and oxygen atoms in total. The third-order valence-electron chi connectivity index (χ3n) is 3.33. The van der Waals surface area contributed by atoms with Gasteiger partial charge in [0.05, 0.1) is 17.4 Å². The van der Waals surface area contributed by atoms with Gasteiger partial charge in [-0.15, -0.1) is 0 Å². The zero-order chi connectivity index (χ0) is 14.9. The van der Waals surface area contributed by atoms with E-state index in [9.17, 15) is 14.0 Å². The first-order valence-electron chi connectivity index (χ1n) is 6.37. The minimum absolute atomic E-state index is 0.0176. The average Bonchev–Trinajstić information content (AvgIpc) is 2.71. The topological polar surface area (TPSA) is 75.6 Å². The molecule has 6 heteroatoms. The molecule has 2 rings (SSSR count). The third kappa shape index (κ3) is 2.96. The van der Waals surface area contributed by atoms with E-state index in [0.717, 1.165) is 24.6 Å². The smallest absolute Gasteiger partial charge is 0.335 e. The molecule has 108 valence electrons. The second kappa shape index (κ2) is 5.58. The van der Waals surface area contributed by atoms with Gasteiger partial charge >= 0.3 is 5.97 Å². The Hall–Kier alpha value is -1.95. The van der Waals surface area contributed by atoms with Crippen LogP contribution in [0.5, 0.6) is 0 Å². The molecule has 1 amide bonds. The molecule has 1 heterocycles. The lowest BCUT2D eigenvalue weighted by Crippen LogP contribution is -2.32. The van der Waals surface area contributed by atoms with Gasteiger partial charge in [0.1, 0.15) is 11.9 Å². The first kappa shape index (κ1) is 14.5. The molecule has 0 radical (unpaired) electrons. The molecule has 3 atom stereocenters. The number of hydrogen-bond donors (Lipinski definition) is 2. The summed E-state index contributed by atoms with van der Waals surface area (Å²) in [6.07, 6.45) is 0.101. The Bertz CT molecular complexity index is 546. The van der Waals surface area contributed by atoms with Gasteiger partial charge in [0.15, 0.2) is 0 Å². The van der Waals surface area contributed by atoms with E-state index in [-0.39, 0.29) is 23.3 Å². The molecule has 0 saturated carbocycles. The van der Waals surface area contributed by atoms with E-state index in [1.807, 2.05) is 13.8 Å². The molecular formula is C14H16FNO4. The third-order valence-corrected chi connectivity index (χ3v) is 3.33. The largest absolute Gasteiger partial charge is 0.478 e. The minimum Gasteiger partial charge on any atom is -0.478 e. The summed E-state index contributed by atoms with van der Waals surface area (Å²) < 4.78 is 19.1. The number of carboxylic acids is 1. The molecule has 3 unspecified atom stereocenters. The van der Waals surface area contributed by atoms with Crippen LogP contribution in [0.15, 0.2) is 18.2 Å². The van der Waals surface area contributed by atoms with Crippen LogP contribution in [0.2, 0.25) is 0 Å². The number of anilines is 1. The number of benzene rings is 1. The summed E-state index contributed by atoms with van der Waals surface area (Å²) in [6.45, 7) is 3.76. The predicted octanol–water partition coefficient (Wildman–Crippen LogP) is 2.28. The number of carboxylic acid groups (broad SMARTS) is 1. The van der Waals surface area contributed by atoms with Crippen molar-refractivity contribution >= 4 is 17.6 Å². The molecule has 0 aromatic heterocycles. The van der Waals surface area contributed by atoms with Crippen LogP contribution in [-0.4, -0.2) is 29.2 Å². The van der Waals surface area contributed by atoms with Gasteiger partial charge in [-0.3, -0.25) is 4.79 Å². The van der Waals surface area contributed by atoms with Crippen LogP contribution in [-0.2, 0) is 9.53 Å². The number of rotatable bonds is 3. The van der Waals surface area contributed by atoms with E-state index in [2.05, 4.69) is 5.32 Å². The highest BCUT2D eigenvalue weighted by molar-refractivity contribution is 5.96. The van der Waals surface area contributed by atoms with Crippen molar-refractivity contribution < 1.29 is 23.8 Å². The molecule has 0 bridgehead atoms. The zero-order valence-electron chi connectivity index (χ0n) is 11.2. The standard InChI is InChI=1S/C14H16FNO4/c1-7-5-8(2)20-12(7)13(17)16-11-6-9(14(18)19)3-4-10(11)15/h3-4,6-8,12H,5H2,1-2H3,(H,16,17)(H,18,19). The van der Waals surface area contributed by atoms with Crippen molar-refractivity contribution in [1.29, 1.82) is 0 Å². The number of carbonyl (C=O) groups is 2. The van der Waals surface area contributed by atoms with Crippen molar-refractivity contribution in [2.45, 2.75) is 32.5 Å². The molecule has 0 aliphatic carbocycles. The van der Waals surface area contributed by atoms with E-state index >= 15 is 0 Å². The Morgan fingerprint density at radius 3 is 2.65 bits per heavy atom. The van der Waals surface area contributed by atoms with Crippen molar-refractivity contribution in [2.24, 2.45) is 5.92 Å². The first-order chi connectivity index (χ1) is 9.38. The predicted molar refractivity (Wildman–Crippen MR) is 70.1 cm³/mol. The summed E-state index contributed by atoms with van der Waals surface area (Å²) in [4.78, 5) is 22.9. The van der Waals surface area contributed by atoms with Crippen LogP contribution < -0.4 is 5.32 Å². The minimum atomic E-state index is -1.18. The maximum atomic E-state index is 13.6. The summed E-state index contributed by atoms with van der Waals surface area (Å²) >= 11 is 0. The van der Waals surface area contributed by atoms with Gasteiger partial charge in [0.25, 0.3) is 5.91 Å². The molecule has 1 fully saturated rings. The molecule has 1 aromatic rings. The van der Waals surface area contributed by atoms with Crippen molar-refractivity contribution in [3.63, 3.8) is 0 Å². The number of amides is 1. The monoisotopic (exact) mass is 281 g/mol. The van der Waals surface area contributed by atoms with E-state index in [4.69, 9.17) is 9.84 Å². The van der Waals surface area contributed by atoms with Gasteiger partial charge in [-0.05, 0) is 37.5 Å². The summed E-state index contributed by atoms with van der Waals surface area (Å²) in [6, 6.07) is 3.25. The van der Waals surface area contributed by atoms with Gasteiger partial charge < -0.3 is 15.2 Å². The van der Waals surface area contributed by atoms with Gasteiger partial charge in [0.2, 0.25) is 0 Å². The Balaban J connectivity index is 2.15. The molecular weight excluding hydrogens is 265 g/mol. The Labute approximate surface area is 115 Å². The van der Waals surface area contributed by atoms with E-state index in [1.54, 1.807) is 0 Å².